The molecule has 4 rings (SSSR count). The van der Waals surface area contributed by atoms with Crippen molar-refractivity contribution in [2.75, 3.05) is 56.1 Å². The molecule has 0 saturated carbocycles. The number of benzene rings is 1. The van der Waals surface area contributed by atoms with Crippen molar-refractivity contribution in [1.82, 2.24) is 14.8 Å². The first-order chi connectivity index (χ1) is 14.9. The van der Waals surface area contributed by atoms with Crippen molar-refractivity contribution in [2.45, 2.75) is 20.3 Å². The van der Waals surface area contributed by atoms with Gasteiger partial charge in [0, 0.05) is 58.2 Å². The fourth-order valence-corrected chi connectivity index (χ4v) is 4.17. The first kappa shape index (κ1) is 21.1. The summed E-state index contributed by atoms with van der Waals surface area (Å²) in [5, 5.41) is 0. The molecule has 2 aliphatic heterocycles. The van der Waals surface area contributed by atoms with Gasteiger partial charge in [-0.15, -0.1) is 0 Å². The van der Waals surface area contributed by atoms with Crippen LogP contribution in [0.2, 0.25) is 0 Å². The molecule has 8 heteroatoms. The molecule has 0 bridgehead atoms. The number of likely N-dealkylation sites (N-methyl/N-ethyl adjacent to an activating group) is 1. The van der Waals surface area contributed by atoms with E-state index >= 15 is 0 Å². The molecule has 2 fully saturated rings. The molecule has 0 unspecified atom stereocenters. The predicted octanol–water partition coefficient (Wildman–Crippen LogP) is 2.93. The summed E-state index contributed by atoms with van der Waals surface area (Å²) in [6.07, 6.45) is 2.85. The van der Waals surface area contributed by atoms with Crippen molar-refractivity contribution in [3.05, 3.63) is 53.0 Å². The van der Waals surface area contributed by atoms with Crippen LogP contribution < -0.4 is 9.80 Å². The number of carbonyl (C=O) groups is 2. The maximum absolute atomic E-state index is 14.8. The molecule has 2 saturated heterocycles. The molecule has 2 aromatic rings. The highest BCUT2D eigenvalue weighted by molar-refractivity contribution is 5.97. The van der Waals surface area contributed by atoms with Gasteiger partial charge in [-0.2, -0.15) is 0 Å². The number of piperazine rings is 1. The van der Waals surface area contributed by atoms with Crippen LogP contribution in [0.5, 0.6) is 0 Å². The van der Waals surface area contributed by atoms with E-state index < -0.39 is 5.82 Å². The summed E-state index contributed by atoms with van der Waals surface area (Å²) in [5.41, 5.74) is 2.85. The molecule has 1 aromatic carbocycles. The predicted molar refractivity (Wildman–Crippen MR) is 118 cm³/mol. The number of anilines is 2. The van der Waals surface area contributed by atoms with Gasteiger partial charge in [-0.3, -0.25) is 9.69 Å². The SMILES string of the molecule is CCc1cnc(N2CCN(C(=O)c3ccc(N4CCN(C)C4=O)cc3F)CC2)c(C)c1. The largest absolute Gasteiger partial charge is 0.353 e. The van der Waals surface area contributed by atoms with E-state index in [4.69, 9.17) is 0 Å². The summed E-state index contributed by atoms with van der Waals surface area (Å²) in [5.74, 6) is 0.0274. The van der Waals surface area contributed by atoms with Gasteiger partial charge in [-0.05, 0) is 42.7 Å². The minimum Gasteiger partial charge on any atom is -0.353 e. The zero-order valence-corrected chi connectivity index (χ0v) is 18.3. The van der Waals surface area contributed by atoms with Gasteiger partial charge in [0.05, 0.1) is 5.56 Å². The van der Waals surface area contributed by atoms with Crippen LogP contribution in [0.3, 0.4) is 0 Å². The number of rotatable bonds is 4. The van der Waals surface area contributed by atoms with Gasteiger partial charge in [-0.25, -0.2) is 14.2 Å². The second kappa shape index (κ2) is 8.53. The number of hydrogen-bond acceptors (Lipinski definition) is 4. The van der Waals surface area contributed by atoms with Crippen LogP contribution in [0.15, 0.2) is 30.5 Å². The van der Waals surface area contributed by atoms with Gasteiger partial charge in [0.2, 0.25) is 0 Å². The highest BCUT2D eigenvalue weighted by atomic mass is 19.1. The van der Waals surface area contributed by atoms with Crippen LogP contribution in [-0.4, -0.2) is 73.0 Å². The Labute approximate surface area is 182 Å². The molecule has 0 spiro atoms. The number of aryl methyl sites for hydroxylation is 2. The van der Waals surface area contributed by atoms with Crippen LogP contribution in [0.1, 0.15) is 28.4 Å². The fraction of sp³-hybridized carbons (Fsp3) is 0.435. The number of aromatic nitrogens is 1. The lowest BCUT2D eigenvalue weighted by atomic mass is 10.1. The fourth-order valence-electron chi connectivity index (χ4n) is 4.17. The van der Waals surface area contributed by atoms with Crippen molar-refractivity contribution in [1.29, 1.82) is 0 Å². The monoisotopic (exact) mass is 425 g/mol. The number of nitrogens with zero attached hydrogens (tertiary/aromatic N) is 5. The molecular formula is C23H28FN5O2. The topological polar surface area (TPSA) is 60.0 Å². The molecular weight excluding hydrogens is 397 g/mol. The summed E-state index contributed by atoms with van der Waals surface area (Å²) in [7, 11) is 1.71. The van der Waals surface area contributed by atoms with Crippen LogP contribution >= 0.6 is 0 Å². The highest BCUT2D eigenvalue weighted by Crippen LogP contribution is 2.24. The third kappa shape index (κ3) is 4.06. The second-order valence-corrected chi connectivity index (χ2v) is 8.14. The standard InChI is InChI=1S/C23H28FN5O2/c1-4-17-13-16(2)21(25-15-17)27-8-10-28(11-9-27)22(30)19-6-5-18(14-20(19)24)29-12-7-26(3)23(29)31/h5-6,13-15H,4,7-12H2,1-3H3. The maximum atomic E-state index is 14.8. The molecule has 0 N–H and O–H groups in total. The van der Waals surface area contributed by atoms with E-state index in [1.54, 1.807) is 22.9 Å². The zero-order chi connectivity index (χ0) is 22.1. The Hall–Kier alpha value is -3.16. The first-order valence-electron chi connectivity index (χ1n) is 10.7. The lowest BCUT2D eigenvalue weighted by molar-refractivity contribution is 0.0742. The molecule has 3 heterocycles. The van der Waals surface area contributed by atoms with Crippen molar-refractivity contribution >= 4 is 23.4 Å². The van der Waals surface area contributed by atoms with E-state index in [9.17, 15) is 14.0 Å². The summed E-state index contributed by atoms with van der Waals surface area (Å²) >= 11 is 0. The van der Waals surface area contributed by atoms with Crippen molar-refractivity contribution in [3.63, 3.8) is 0 Å². The third-order valence-electron chi connectivity index (χ3n) is 6.09. The van der Waals surface area contributed by atoms with E-state index in [2.05, 4.69) is 29.8 Å². The summed E-state index contributed by atoms with van der Waals surface area (Å²) in [6.45, 7) is 7.58. The minimum atomic E-state index is -0.597. The maximum Gasteiger partial charge on any atom is 0.324 e. The normalized spacial score (nSPS) is 17.0. The van der Waals surface area contributed by atoms with E-state index in [1.165, 1.54) is 22.6 Å². The Morgan fingerprint density at radius 3 is 2.42 bits per heavy atom. The van der Waals surface area contributed by atoms with Gasteiger partial charge in [0.15, 0.2) is 0 Å². The van der Waals surface area contributed by atoms with Crippen molar-refractivity contribution < 1.29 is 14.0 Å². The Kier molecular flexibility index (Phi) is 5.80. The molecule has 2 aliphatic rings. The van der Waals surface area contributed by atoms with Gasteiger partial charge < -0.3 is 14.7 Å². The molecule has 0 aliphatic carbocycles. The van der Waals surface area contributed by atoms with Crippen LogP contribution in [0.25, 0.3) is 0 Å². The van der Waals surface area contributed by atoms with Crippen molar-refractivity contribution in [2.24, 2.45) is 0 Å². The van der Waals surface area contributed by atoms with Gasteiger partial charge in [0.1, 0.15) is 11.6 Å². The lowest BCUT2D eigenvalue weighted by Gasteiger charge is -2.36. The Morgan fingerprint density at radius 2 is 1.84 bits per heavy atom. The smallest absolute Gasteiger partial charge is 0.324 e. The Bertz CT molecular complexity index is 1000. The number of amides is 3. The number of carbonyl (C=O) groups excluding carboxylic acids is 2. The number of halogens is 1. The van der Waals surface area contributed by atoms with Crippen molar-refractivity contribution in [3.8, 4) is 0 Å². The molecule has 0 atom stereocenters. The third-order valence-corrected chi connectivity index (χ3v) is 6.09. The van der Waals surface area contributed by atoms with E-state index in [0.29, 0.717) is 45.0 Å². The summed E-state index contributed by atoms with van der Waals surface area (Å²) in [4.78, 5) is 36.6. The summed E-state index contributed by atoms with van der Waals surface area (Å²) in [6, 6.07) is 6.40. The highest BCUT2D eigenvalue weighted by Gasteiger charge is 2.29. The number of pyridine rings is 1. The molecule has 1 aromatic heterocycles. The average Bonchev–Trinajstić information content (AvgIpc) is 3.11. The van der Waals surface area contributed by atoms with Crippen LogP contribution in [-0.2, 0) is 6.42 Å². The van der Waals surface area contributed by atoms with E-state index in [-0.39, 0.29) is 17.5 Å². The van der Waals surface area contributed by atoms with Gasteiger partial charge in [0.25, 0.3) is 5.91 Å². The molecule has 31 heavy (non-hydrogen) atoms. The summed E-state index contributed by atoms with van der Waals surface area (Å²) < 4.78 is 14.8. The quantitative estimate of drug-likeness (QED) is 0.756. The Morgan fingerprint density at radius 1 is 1.10 bits per heavy atom. The van der Waals surface area contributed by atoms with E-state index in [0.717, 1.165) is 17.8 Å². The van der Waals surface area contributed by atoms with E-state index in [1.807, 2.05) is 6.20 Å². The molecule has 7 nitrogen and oxygen atoms in total. The Balaban J connectivity index is 1.42. The molecule has 3 amide bonds. The number of urea groups is 1. The zero-order valence-electron chi connectivity index (χ0n) is 18.3. The van der Waals surface area contributed by atoms with Gasteiger partial charge in [-0.1, -0.05) is 13.0 Å². The average molecular weight is 426 g/mol. The number of hydrogen-bond donors (Lipinski definition) is 0. The molecule has 164 valence electrons. The van der Waals surface area contributed by atoms with Crippen LogP contribution in [0.4, 0.5) is 20.7 Å². The first-order valence-corrected chi connectivity index (χ1v) is 10.7. The molecule has 0 radical (unpaired) electrons. The van der Waals surface area contributed by atoms with Gasteiger partial charge >= 0.3 is 6.03 Å². The second-order valence-electron chi connectivity index (χ2n) is 8.14. The lowest BCUT2D eigenvalue weighted by Crippen LogP contribution is -2.49. The minimum absolute atomic E-state index is 0.0406. The van der Waals surface area contributed by atoms with Crippen LogP contribution in [0, 0.1) is 12.7 Å².